The Morgan fingerprint density at radius 2 is 0.905 bits per heavy atom. The van der Waals surface area contributed by atoms with Gasteiger partial charge in [0.2, 0.25) is 0 Å². The minimum absolute atomic E-state index is 0.159. The lowest BCUT2D eigenvalue weighted by molar-refractivity contribution is 0.660. The van der Waals surface area contributed by atoms with E-state index in [0.717, 1.165) is 12.8 Å². The van der Waals surface area contributed by atoms with Crippen LogP contribution in [0.25, 0.3) is 57.3 Å². The number of rotatable bonds is 5. The fourth-order valence-corrected chi connectivity index (χ4v) is 10.5. The lowest BCUT2D eigenvalue weighted by atomic mass is 9.81. The molecule has 0 amide bonds. The molecule has 0 saturated carbocycles. The first kappa shape index (κ1) is 37.1. The minimum atomic E-state index is -0.159. The Morgan fingerprint density at radius 3 is 1.57 bits per heavy atom. The van der Waals surface area contributed by atoms with Crippen molar-refractivity contribution in [3.63, 3.8) is 0 Å². The fourth-order valence-electron chi connectivity index (χ4n) is 10.5. The Morgan fingerprint density at radius 1 is 0.397 bits per heavy atom. The van der Waals surface area contributed by atoms with Crippen LogP contribution >= 0.6 is 0 Å². The van der Waals surface area contributed by atoms with Gasteiger partial charge in [0.25, 0.3) is 0 Å². The van der Waals surface area contributed by atoms with Gasteiger partial charge in [-0.25, -0.2) is 0 Å². The van der Waals surface area contributed by atoms with Crippen molar-refractivity contribution in [1.82, 2.24) is 0 Å². The highest BCUT2D eigenvalue weighted by atomic mass is 15.2. The molecule has 0 saturated heterocycles. The summed E-state index contributed by atoms with van der Waals surface area (Å²) in [7, 11) is 0. The van der Waals surface area contributed by atoms with Crippen molar-refractivity contribution in [2.45, 2.75) is 32.1 Å². The number of hydrogen-bond donors (Lipinski definition) is 0. The van der Waals surface area contributed by atoms with Crippen molar-refractivity contribution in [2.24, 2.45) is 0 Å². The molecular formula is C61H46N2. The van der Waals surface area contributed by atoms with Crippen LogP contribution in [0.2, 0.25) is 0 Å². The van der Waals surface area contributed by atoms with Crippen molar-refractivity contribution in [2.75, 3.05) is 9.80 Å². The number of para-hydroxylation sites is 4. The van der Waals surface area contributed by atoms with Crippen molar-refractivity contribution < 1.29 is 0 Å². The molecule has 1 aliphatic carbocycles. The second-order valence-corrected chi connectivity index (χ2v) is 17.7. The number of nitrogens with zero attached hydrogens (tertiary/aromatic N) is 2. The Bertz CT molecular complexity index is 3230. The predicted octanol–water partition coefficient (Wildman–Crippen LogP) is 16.5. The maximum Gasteiger partial charge on any atom is 0.0540 e. The van der Waals surface area contributed by atoms with Crippen LogP contribution in [-0.2, 0) is 18.3 Å². The highest BCUT2D eigenvalue weighted by Gasteiger charge is 2.36. The summed E-state index contributed by atoms with van der Waals surface area (Å²) in [6, 6.07) is 71.8. The molecule has 2 heterocycles. The third kappa shape index (κ3) is 6.16. The Kier molecular flexibility index (Phi) is 8.69. The number of hydrogen-bond acceptors (Lipinski definition) is 2. The molecule has 2 aliphatic heterocycles. The average Bonchev–Trinajstić information content (AvgIpc) is 3.45. The van der Waals surface area contributed by atoms with E-state index in [-0.39, 0.29) is 5.41 Å². The largest absolute Gasteiger partial charge is 0.309 e. The van der Waals surface area contributed by atoms with E-state index in [1.807, 2.05) is 0 Å². The molecule has 63 heavy (non-hydrogen) atoms. The first-order chi connectivity index (χ1) is 31.0. The number of benzene rings is 9. The van der Waals surface area contributed by atoms with Crippen molar-refractivity contribution >= 4 is 69.2 Å². The smallest absolute Gasteiger partial charge is 0.0540 e. The molecule has 0 unspecified atom stereocenters. The van der Waals surface area contributed by atoms with Gasteiger partial charge in [-0.05, 0) is 127 Å². The lowest BCUT2D eigenvalue weighted by Gasteiger charge is -2.29. The molecule has 0 N–H and O–H groups in total. The summed E-state index contributed by atoms with van der Waals surface area (Å²) in [5, 5.41) is 2.50. The van der Waals surface area contributed by atoms with Gasteiger partial charge in [-0.2, -0.15) is 0 Å². The molecule has 0 radical (unpaired) electrons. The quantitative estimate of drug-likeness (QED) is 0.160. The first-order valence-electron chi connectivity index (χ1n) is 22.2. The van der Waals surface area contributed by atoms with Crippen LogP contribution in [0.5, 0.6) is 0 Å². The van der Waals surface area contributed by atoms with Crippen molar-refractivity contribution in [3.05, 3.63) is 239 Å². The molecule has 0 spiro atoms. The summed E-state index contributed by atoms with van der Waals surface area (Å²) in [5.74, 6) is 0. The lowest BCUT2D eigenvalue weighted by Crippen LogP contribution is -2.17. The molecule has 2 nitrogen and oxygen atoms in total. The molecule has 3 aliphatic rings. The molecule has 300 valence electrons. The molecule has 9 aromatic rings. The van der Waals surface area contributed by atoms with E-state index in [1.54, 1.807) is 0 Å². The standard InChI is InChI=1S/C61H46N2/c1-61(2)54-39-42(27-35-51(54)52-36-34-48(40-55(52)61)62-56-19-9-3-13-44(56)30-31-45-14-4-10-20-57(45)62)24-23-41-25-28-43(29-26-41)49-37-38-60(53-18-8-7-17-50(49)53)63-58-21-11-5-15-46(58)32-33-47-16-6-12-22-59(47)63/h3-31,34-40H,32-33H2,1-2H3/b24-23+. The molecular weight excluding hydrogens is 761 g/mol. The van der Waals surface area contributed by atoms with E-state index in [0.29, 0.717) is 0 Å². The normalized spacial score (nSPS) is 14.3. The summed E-state index contributed by atoms with van der Waals surface area (Å²) in [5.41, 5.74) is 22.6. The van der Waals surface area contributed by atoms with E-state index >= 15 is 0 Å². The number of anilines is 6. The zero-order valence-corrected chi connectivity index (χ0v) is 35.6. The third-order valence-corrected chi connectivity index (χ3v) is 13.7. The van der Waals surface area contributed by atoms with Gasteiger partial charge < -0.3 is 9.80 Å². The monoisotopic (exact) mass is 806 g/mol. The summed E-state index contributed by atoms with van der Waals surface area (Å²) >= 11 is 0. The number of fused-ring (bicyclic) bond motifs is 8. The van der Waals surface area contributed by atoms with E-state index in [1.165, 1.54) is 112 Å². The maximum absolute atomic E-state index is 2.49. The Labute approximate surface area is 370 Å². The Balaban J connectivity index is 0.837. The van der Waals surface area contributed by atoms with Gasteiger partial charge in [0.15, 0.2) is 0 Å². The van der Waals surface area contributed by atoms with Gasteiger partial charge in [0.1, 0.15) is 0 Å². The van der Waals surface area contributed by atoms with Gasteiger partial charge in [0, 0.05) is 27.9 Å². The second kappa shape index (κ2) is 14.8. The summed E-state index contributed by atoms with van der Waals surface area (Å²) in [6.45, 7) is 4.75. The van der Waals surface area contributed by atoms with E-state index < -0.39 is 0 Å². The molecule has 12 rings (SSSR count). The van der Waals surface area contributed by atoms with Crippen molar-refractivity contribution in [1.29, 1.82) is 0 Å². The highest BCUT2D eigenvalue weighted by molar-refractivity contribution is 6.07. The van der Waals surface area contributed by atoms with Crippen LogP contribution in [0, 0.1) is 0 Å². The maximum atomic E-state index is 2.49. The van der Waals surface area contributed by atoms with Gasteiger partial charge in [0.05, 0.1) is 17.1 Å². The van der Waals surface area contributed by atoms with E-state index in [9.17, 15) is 0 Å². The van der Waals surface area contributed by atoms with E-state index in [2.05, 4.69) is 242 Å². The third-order valence-electron chi connectivity index (χ3n) is 13.7. The van der Waals surface area contributed by atoms with Gasteiger partial charge in [-0.3, -0.25) is 0 Å². The zero-order valence-electron chi connectivity index (χ0n) is 35.6. The SMILES string of the molecule is CC1(C)c2cc(/C=C/c3ccc(-c4ccc(N5c6ccccc6CCc6ccccc65)c5ccccc45)cc3)ccc2-c2ccc(N3c4ccccc4C=Cc4ccccc43)cc21. The fraction of sp³-hybridized carbons (Fsp3) is 0.0820. The Hall–Kier alpha value is -7.68. The van der Waals surface area contributed by atoms with Crippen LogP contribution in [-0.4, -0.2) is 0 Å². The summed E-state index contributed by atoms with van der Waals surface area (Å²) in [6.07, 6.45) is 11.0. The van der Waals surface area contributed by atoms with Crippen LogP contribution < -0.4 is 9.80 Å². The number of aryl methyl sites for hydroxylation is 2. The van der Waals surface area contributed by atoms with E-state index in [4.69, 9.17) is 0 Å². The van der Waals surface area contributed by atoms with Crippen LogP contribution in [0.15, 0.2) is 194 Å². The van der Waals surface area contributed by atoms with Crippen LogP contribution in [0.1, 0.15) is 58.4 Å². The molecule has 0 atom stereocenters. The predicted molar refractivity (Wildman–Crippen MR) is 268 cm³/mol. The van der Waals surface area contributed by atoms with Gasteiger partial charge in [-0.15, -0.1) is 0 Å². The topological polar surface area (TPSA) is 6.48 Å². The molecule has 2 heteroatoms. The first-order valence-corrected chi connectivity index (χ1v) is 22.2. The van der Waals surface area contributed by atoms with Gasteiger partial charge >= 0.3 is 0 Å². The summed E-state index contributed by atoms with van der Waals surface area (Å²) < 4.78 is 0. The zero-order chi connectivity index (χ0) is 42.1. The van der Waals surface area contributed by atoms with Gasteiger partial charge in [-0.1, -0.05) is 190 Å². The van der Waals surface area contributed by atoms with Crippen LogP contribution in [0.4, 0.5) is 34.1 Å². The average molecular weight is 807 g/mol. The molecule has 9 aromatic carbocycles. The summed E-state index contributed by atoms with van der Waals surface area (Å²) in [4.78, 5) is 4.91. The van der Waals surface area contributed by atoms with Crippen LogP contribution in [0.3, 0.4) is 0 Å². The minimum Gasteiger partial charge on any atom is -0.309 e. The molecule has 0 bridgehead atoms. The molecule has 0 fully saturated rings. The molecule has 0 aromatic heterocycles. The highest BCUT2D eigenvalue weighted by Crippen LogP contribution is 2.52. The second-order valence-electron chi connectivity index (χ2n) is 17.7. The van der Waals surface area contributed by atoms with Crippen molar-refractivity contribution in [3.8, 4) is 22.3 Å².